The van der Waals surface area contributed by atoms with E-state index < -0.39 is 19.8 Å². The number of hydrogen-bond acceptors (Lipinski definition) is 0. The molecular weight excluding hydrogens is 488 g/mol. The summed E-state index contributed by atoms with van der Waals surface area (Å²) >= 11 is -3.55. The molecule has 4 aromatic carbocycles. The van der Waals surface area contributed by atoms with Crippen molar-refractivity contribution in [1.29, 1.82) is 0 Å². The van der Waals surface area contributed by atoms with Crippen molar-refractivity contribution in [3.8, 4) is 11.1 Å². The Bertz CT molecular complexity index is 1450. The summed E-state index contributed by atoms with van der Waals surface area (Å²) in [6.07, 6.45) is 8.91. The number of allylic oxidation sites excluding steroid dienone is 4. The van der Waals surface area contributed by atoms with E-state index in [4.69, 9.17) is 0 Å². The molecule has 4 aromatic rings. The molecule has 0 bridgehead atoms. The molecule has 0 radical (unpaired) electrons. The molecule has 0 nitrogen and oxygen atoms in total. The van der Waals surface area contributed by atoms with Gasteiger partial charge in [0.2, 0.25) is 0 Å². The molecule has 0 saturated carbocycles. The zero-order valence-corrected chi connectivity index (χ0v) is 22.3. The Morgan fingerprint density at radius 2 is 1.26 bits per heavy atom. The Hall–Kier alpha value is -2.89. The van der Waals surface area contributed by atoms with E-state index in [-0.39, 0.29) is 0 Å². The number of benzene rings is 4. The van der Waals surface area contributed by atoms with Crippen molar-refractivity contribution < 1.29 is 19.8 Å². The van der Waals surface area contributed by atoms with E-state index in [9.17, 15) is 0 Å². The van der Waals surface area contributed by atoms with Gasteiger partial charge in [0.15, 0.2) is 0 Å². The molecule has 6 rings (SSSR count). The normalized spacial score (nSPS) is 14.0. The molecule has 0 unspecified atom stereocenters. The summed E-state index contributed by atoms with van der Waals surface area (Å²) in [5, 5.41) is 0. The molecule has 2 aliphatic rings. The van der Waals surface area contributed by atoms with Gasteiger partial charge in [-0.15, -0.1) is 0 Å². The van der Waals surface area contributed by atoms with Crippen LogP contribution in [0.5, 0.6) is 0 Å². The minimum absolute atomic E-state index is 1.02. The van der Waals surface area contributed by atoms with Gasteiger partial charge in [-0.25, -0.2) is 0 Å². The van der Waals surface area contributed by atoms with Gasteiger partial charge in [0.05, 0.1) is 0 Å². The van der Waals surface area contributed by atoms with Crippen LogP contribution in [0, 0.1) is 0 Å². The maximum absolute atomic E-state index is 3.55. The van der Waals surface area contributed by atoms with Crippen LogP contribution >= 0.6 is 0 Å². The van der Waals surface area contributed by atoms with Gasteiger partial charge in [0, 0.05) is 0 Å². The first-order valence-corrected chi connectivity index (χ1v) is 17.1. The predicted molar refractivity (Wildman–Crippen MR) is 145 cm³/mol. The molecule has 0 heterocycles. The zero-order chi connectivity index (χ0) is 23.1. The Labute approximate surface area is 207 Å². The molecule has 0 fully saturated rings. The van der Waals surface area contributed by atoms with Crippen LogP contribution in [0.4, 0.5) is 0 Å². The van der Waals surface area contributed by atoms with Gasteiger partial charge in [-0.3, -0.25) is 0 Å². The molecule has 0 N–H and O–H groups in total. The second-order valence-electron chi connectivity index (χ2n) is 9.65. The Morgan fingerprint density at radius 1 is 0.647 bits per heavy atom. The van der Waals surface area contributed by atoms with Gasteiger partial charge < -0.3 is 0 Å². The second kappa shape index (κ2) is 8.72. The first-order chi connectivity index (χ1) is 16.7. The van der Waals surface area contributed by atoms with E-state index in [2.05, 4.69) is 129 Å². The second-order valence-corrected chi connectivity index (χ2v) is 19.9. The van der Waals surface area contributed by atoms with E-state index in [0.717, 1.165) is 12.8 Å². The van der Waals surface area contributed by atoms with Crippen molar-refractivity contribution in [2.75, 3.05) is 0 Å². The van der Waals surface area contributed by atoms with Crippen LogP contribution < -0.4 is 9.81 Å². The third kappa shape index (κ3) is 3.25. The first-order valence-electron chi connectivity index (χ1n) is 12.2. The van der Waals surface area contributed by atoms with E-state index in [1.165, 1.54) is 27.8 Å². The quantitative estimate of drug-likeness (QED) is 0.265. The monoisotopic (exact) mass is 515 g/mol. The topological polar surface area (TPSA) is 0 Å². The molecule has 2 aliphatic carbocycles. The van der Waals surface area contributed by atoms with Crippen LogP contribution in [0.25, 0.3) is 16.7 Å². The van der Waals surface area contributed by atoms with Crippen molar-refractivity contribution in [1.82, 2.24) is 0 Å². The van der Waals surface area contributed by atoms with Gasteiger partial charge in [0.1, 0.15) is 0 Å². The summed E-state index contributed by atoms with van der Waals surface area (Å²) in [4.78, 5) is 0. The molecular formula is C33H29Zr. The Balaban J connectivity index is 1.80. The minimum atomic E-state index is -3.55. The van der Waals surface area contributed by atoms with E-state index in [1.807, 2.05) is 0 Å². The molecule has 34 heavy (non-hydrogen) atoms. The average Bonchev–Trinajstić information content (AvgIpc) is 3.54. The van der Waals surface area contributed by atoms with Gasteiger partial charge >= 0.3 is 208 Å². The van der Waals surface area contributed by atoms with Crippen molar-refractivity contribution in [2.45, 2.75) is 26.7 Å². The third-order valence-corrected chi connectivity index (χ3v) is 20.5. The van der Waals surface area contributed by atoms with Crippen LogP contribution in [0.1, 0.15) is 37.0 Å². The fourth-order valence-electron chi connectivity index (χ4n) is 6.21. The van der Waals surface area contributed by atoms with Gasteiger partial charge in [-0.2, -0.15) is 0 Å². The van der Waals surface area contributed by atoms with Crippen LogP contribution in [0.15, 0.2) is 115 Å². The van der Waals surface area contributed by atoms with Crippen molar-refractivity contribution >= 4 is 18.6 Å². The fourth-order valence-corrected chi connectivity index (χ4v) is 19.2. The zero-order valence-electron chi connectivity index (χ0n) is 19.9. The third-order valence-electron chi connectivity index (χ3n) is 7.64. The molecule has 0 amide bonds. The first kappa shape index (κ1) is 21.6. The molecule has 165 valence electrons. The van der Waals surface area contributed by atoms with Gasteiger partial charge in [-0.1, -0.05) is 0 Å². The maximum atomic E-state index is 2.44. The molecule has 0 aliphatic heterocycles. The summed E-state index contributed by atoms with van der Waals surface area (Å²) in [5.74, 6) is 0. The average molecular weight is 517 g/mol. The van der Waals surface area contributed by atoms with Crippen LogP contribution in [0.2, 0.25) is 0 Å². The van der Waals surface area contributed by atoms with E-state index in [0.29, 0.717) is 0 Å². The summed E-state index contributed by atoms with van der Waals surface area (Å²) in [6, 6.07) is 36.7. The van der Waals surface area contributed by atoms with Crippen LogP contribution in [-0.2, 0) is 26.2 Å². The summed E-state index contributed by atoms with van der Waals surface area (Å²) in [5.41, 5.74) is 8.82. The van der Waals surface area contributed by atoms with E-state index in [1.54, 1.807) is 18.6 Å². The van der Waals surface area contributed by atoms with Crippen LogP contribution in [0.3, 0.4) is 0 Å². The van der Waals surface area contributed by atoms with Gasteiger partial charge in [0.25, 0.3) is 0 Å². The molecule has 0 atom stereocenters. The van der Waals surface area contributed by atoms with E-state index >= 15 is 0 Å². The van der Waals surface area contributed by atoms with Crippen molar-refractivity contribution in [3.05, 3.63) is 132 Å². The summed E-state index contributed by atoms with van der Waals surface area (Å²) < 4.78 is 6.35. The van der Waals surface area contributed by atoms with Crippen molar-refractivity contribution in [3.63, 3.8) is 0 Å². The standard InChI is InChI=1S/C18H13.2C6H5.C3H6.Zr/c1-2-6-13(5-1)14-9-10-18-16(11-14)12-15-7-3-4-8-17(15)18;2*1-2-4-6-5-3-1;1-3-2;/h1-5,7-10H,6,12H2;2*1-5H;1-2H3;. The summed E-state index contributed by atoms with van der Waals surface area (Å²) in [6.45, 7) is 4.81. The Kier molecular flexibility index (Phi) is 5.55. The van der Waals surface area contributed by atoms with Crippen LogP contribution in [-0.4, -0.2) is 3.21 Å². The summed E-state index contributed by atoms with van der Waals surface area (Å²) in [7, 11) is 0. The molecule has 0 saturated heterocycles. The number of fused-ring (bicyclic) bond motifs is 3. The van der Waals surface area contributed by atoms with Crippen molar-refractivity contribution in [2.24, 2.45) is 0 Å². The SMILES string of the molecule is C[C](C)=[Zr]([c]1ccccc1)([c]1ccccc1)[c]1c(C2=CC=CC2)ccc2c1Cc1ccccc1-2. The molecule has 0 aromatic heterocycles. The molecule has 1 heteroatoms. The van der Waals surface area contributed by atoms with Gasteiger partial charge in [-0.05, 0) is 0 Å². The Morgan fingerprint density at radius 3 is 1.88 bits per heavy atom. The number of rotatable bonds is 4. The fraction of sp³-hybridized carbons (Fsp3) is 0.121. The molecule has 0 spiro atoms. The number of hydrogen-bond donors (Lipinski definition) is 0. The predicted octanol–water partition coefficient (Wildman–Crippen LogP) is 6.24.